The summed E-state index contributed by atoms with van der Waals surface area (Å²) in [6, 6.07) is 14.0. The lowest BCUT2D eigenvalue weighted by molar-refractivity contribution is 0.102. The molecule has 3 rings (SSSR count). The Kier molecular flexibility index (Phi) is 5.46. The number of benzene rings is 2. The van der Waals surface area contributed by atoms with Crippen LogP contribution in [-0.2, 0) is 10.0 Å². The highest BCUT2D eigenvalue weighted by Gasteiger charge is 2.18. The summed E-state index contributed by atoms with van der Waals surface area (Å²) in [4.78, 5) is 16.7. The molecule has 28 heavy (non-hydrogen) atoms. The fourth-order valence-corrected chi connectivity index (χ4v) is 4.10. The first kappa shape index (κ1) is 19.6. The van der Waals surface area contributed by atoms with E-state index >= 15 is 0 Å². The third-order valence-corrected chi connectivity index (χ3v) is 5.81. The average molecular weight is 395 g/mol. The molecule has 0 fully saturated rings. The molecule has 1 heterocycles. The summed E-state index contributed by atoms with van der Waals surface area (Å²) in [5, 5.41) is 2.81. The van der Waals surface area contributed by atoms with Crippen LogP contribution < -0.4 is 10.0 Å². The van der Waals surface area contributed by atoms with E-state index < -0.39 is 10.0 Å². The zero-order valence-electron chi connectivity index (χ0n) is 15.9. The Bertz CT molecular complexity index is 1140. The summed E-state index contributed by atoms with van der Waals surface area (Å²) in [5.41, 5.74) is 3.72. The van der Waals surface area contributed by atoms with Gasteiger partial charge >= 0.3 is 0 Å². The normalized spacial score (nSPS) is 11.1. The number of nitrogens with one attached hydrogen (secondary N) is 2. The number of anilines is 2. The fourth-order valence-electron chi connectivity index (χ4n) is 2.84. The minimum Gasteiger partial charge on any atom is -0.322 e. The maximum absolute atomic E-state index is 12.7. The number of nitrogens with zero attached hydrogens (tertiary/aromatic N) is 1. The monoisotopic (exact) mass is 395 g/mol. The van der Waals surface area contributed by atoms with E-state index in [4.69, 9.17) is 0 Å². The van der Waals surface area contributed by atoms with Gasteiger partial charge in [-0.1, -0.05) is 35.9 Å². The van der Waals surface area contributed by atoms with Crippen LogP contribution in [0.5, 0.6) is 0 Å². The van der Waals surface area contributed by atoms with Crippen molar-refractivity contribution in [3.05, 3.63) is 83.2 Å². The van der Waals surface area contributed by atoms with Crippen molar-refractivity contribution in [2.45, 2.75) is 25.7 Å². The quantitative estimate of drug-likeness (QED) is 0.682. The van der Waals surface area contributed by atoms with Crippen molar-refractivity contribution in [3.8, 4) is 0 Å². The summed E-state index contributed by atoms with van der Waals surface area (Å²) in [7, 11) is -3.79. The topological polar surface area (TPSA) is 88.2 Å². The molecule has 0 aliphatic heterocycles. The number of aromatic nitrogens is 1. The van der Waals surface area contributed by atoms with E-state index in [1.54, 1.807) is 31.2 Å². The molecule has 0 spiro atoms. The van der Waals surface area contributed by atoms with Crippen LogP contribution in [0.2, 0.25) is 0 Å². The Hall–Kier alpha value is -3.19. The summed E-state index contributed by atoms with van der Waals surface area (Å²) in [5.74, 6) is -0.366. The van der Waals surface area contributed by atoms with E-state index in [-0.39, 0.29) is 22.1 Å². The van der Waals surface area contributed by atoms with E-state index in [1.807, 2.05) is 32.0 Å². The third kappa shape index (κ3) is 4.37. The van der Waals surface area contributed by atoms with Gasteiger partial charge in [-0.2, -0.15) is 0 Å². The maximum Gasteiger partial charge on any atom is 0.262 e. The predicted molar refractivity (Wildman–Crippen MR) is 110 cm³/mol. The number of carbonyl (C=O) groups is 1. The first-order chi connectivity index (χ1) is 13.3. The average Bonchev–Trinajstić information content (AvgIpc) is 2.63. The molecule has 1 amide bonds. The predicted octanol–water partition coefficient (Wildman–Crippen LogP) is 4.06. The molecule has 0 aliphatic carbocycles. The van der Waals surface area contributed by atoms with Crippen molar-refractivity contribution < 1.29 is 13.2 Å². The van der Waals surface area contributed by atoms with Gasteiger partial charge in [-0.15, -0.1) is 0 Å². The molecule has 0 bridgehead atoms. The standard InChI is InChI=1S/C21H21N3O3S/c1-14-8-9-20(16(3)10-14)28(26,27)24-18-11-17(12-22-13-18)21(25)23-19-7-5-4-6-15(19)2/h4-13,24H,1-3H3,(H,23,25). The molecule has 6 nitrogen and oxygen atoms in total. The fraction of sp³-hybridized carbons (Fsp3) is 0.143. The van der Waals surface area contributed by atoms with E-state index in [0.29, 0.717) is 11.3 Å². The number of aryl methyl sites for hydroxylation is 3. The van der Waals surface area contributed by atoms with Gasteiger partial charge in [-0.05, 0) is 50.1 Å². The number of hydrogen-bond acceptors (Lipinski definition) is 4. The van der Waals surface area contributed by atoms with Crippen molar-refractivity contribution in [3.63, 3.8) is 0 Å². The van der Waals surface area contributed by atoms with Gasteiger partial charge in [0, 0.05) is 11.9 Å². The van der Waals surface area contributed by atoms with Gasteiger partial charge in [0.25, 0.3) is 15.9 Å². The largest absolute Gasteiger partial charge is 0.322 e. The van der Waals surface area contributed by atoms with Crippen molar-refractivity contribution >= 4 is 27.3 Å². The van der Waals surface area contributed by atoms with E-state index in [0.717, 1.165) is 11.1 Å². The van der Waals surface area contributed by atoms with Crippen LogP contribution in [0, 0.1) is 20.8 Å². The van der Waals surface area contributed by atoms with Crippen LogP contribution in [0.25, 0.3) is 0 Å². The highest BCUT2D eigenvalue weighted by molar-refractivity contribution is 7.92. The van der Waals surface area contributed by atoms with Crippen molar-refractivity contribution in [1.82, 2.24) is 4.98 Å². The van der Waals surface area contributed by atoms with Crippen LogP contribution in [0.15, 0.2) is 65.8 Å². The molecule has 0 radical (unpaired) electrons. The highest BCUT2D eigenvalue weighted by Crippen LogP contribution is 2.21. The summed E-state index contributed by atoms with van der Waals surface area (Å²) in [6.45, 7) is 5.53. The highest BCUT2D eigenvalue weighted by atomic mass is 32.2. The Morgan fingerprint density at radius 2 is 1.68 bits per heavy atom. The number of carbonyl (C=O) groups excluding carboxylic acids is 1. The molecule has 1 aromatic heterocycles. The molecule has 3 aromatic rings. The van der Waals surface area contributed by atoms with Gasteiger partial charge in [-0.3, -0.25) is 14.5 Å². The second-order valence-electron chi connectivity index (χ2n) is 6.61. The molecule has 0 aliphatic rings. The number of sulfonamides is 1. The Morgan fingerprint density at radius 1 is 0.929 bits per heavy atom. The van der Waals surface area contributed by atoms with Gasteiger partial charge in [0.1, 0.15) is 0 Å². The first-order valence-corrected chi connectivity index (χ1v) is 10.2. The van der Waals surface area contributed by atoms with Gasteiger partial charge in [0.2, 0.25) is 0 Å². The SMILES string of the molecule is Cc1ccc(S(=O)(=O)Nc2cncc(C(=O)Nc3ccccc3C)c2)c(C)c1. The van der Waals surface area contributed by atoms with E-state index in [1.165, 1.54) is 18.5 Å². The van der Waals surface area contributed by atoms with Crippen molar-refractivity contribution in [1.29, 1.82) is 0 Å². The number of para-hydroxylation sites is 1. The summed E-state index contributed by atoms with van der Waals surface area (Å²) < 4.78 is 27.9. The smallest absolute Gasteiger partial charge is 0.262 e. The molecule has 2 aromatic carbocycles. The van der Waals surface area contributed by atoms with Gasteiger partial charge in [0.15, 0.2) is 0 Å². The minimum atomic E-state index is -3.79. The lowest BCUT2D eigenvalue weighted by Gasteiger charge is -2.12. The summed E-state index contributed by atoms with van der Waals surface area (Å²) in [6.07, 6.45) is 2.76. The molecular weight excluding hydrogens is 374 g/mol. The maximum atomic E-state index is 12.7. The lowest BCUT2D eigenvalue weighted by atomic mass is 10.2. The zero-order valence-corrected chi connectivity index (χ0v) is 16.7. The second-order valence-corrected chi connectivity index (χ2v) is 8.26. The van der Waals surface area contributed by atoms with Crippen molar-refractivity contribution in [2.24, 2.45) is 0 Å². The van der Waals surface area contributed by atoms with Crippen LogP contribution in [0.4, 0.5) is 11.4 Å². The molecule has 0 saturated carbocycles. The molecule has 0 unspecified atom stereocenters. The summed E-state index contributed by atoms with van der Waals surface area (Å²) >= 11 is 0. The van der Waals surface area contributed by atoms with Gasteiger partial charge in [-0.25, -0.2) is 8.42 Å². The molecule has 0 atom stereocenters. The number of rotatable bonds is 5. The van der Waals surface area contributed by atoms with E-state index in [2.05, 4.69) is 15.0 Å². The molecule has 7 heteroatoms. The Morgan fingerprint density at radius 3 is 2.39 bits per heavy atom. The molecule has 2 N–H and O–H groups in total. The van der Waals surface area contributed by atoms with Crippen LogP contribution in [-0.4, -0.2) is 19.3 Å². The molecule has 144 valence electrons. The molecular formula is C21H21N3O3S. The van der Waals surface area contributed by atoms with E-state index in [9.17, 15) is 13.2 Å². The number of pyridine rings is 1. The lowest BCUT2D eigenvalue weighted by Crippen LogP contribution is -2.16. The third-order valence-electron chi connectivity index (χ3n) is 4.27. The van der Waals surface area contributed by atoms with Gasteiger partial charge < -0.3 is 5.32 Å². The second kappa shape index (κ2) is 7.82. The number of hydrogen-bond donors (Lipinski definition) is 2. The van der Waals surface area contributed by atoms with Crippen LogP contribution in [0.1, 0.15) is 27.0 Å². The van der Waals surface area contributed by atoms with Gasteiger partial charge in [0.05, 0.1) is 22.3 Å². The first-order valence-electron chi connectivity index (χ1n) is 8.68. The van der Waals surface area contributed by atoms with Crippen LogP contribution >= 0.6 is 0 Å². The minimum absolute atomic E-state index is 0.188. The van der Waals surface area contributed by atoms with Crippen molar-refractivity contribution in [2.75, 3.05) is 10.0 Å². The zero-order chi connectivity index (χ0) is 20.3. The number of amides is 1. The Labute approximate surface area is 164 Å². The van der Waals surface area contributed by atoms with Crippen LogP contribution in [0.3, 0.4) is 0 Å². The molecule has 0 saturated heterocycles. The Balaban J connectivity index is 1.83.